The Balaban J connectivity index is 2.25. The molecule has 1 aromatic heterocycles. The Morgan fingerprint density at radius 3 is 2.60 bits per heavy atom. The lowest BCUT2D eigenvalue weighted by Crippen LogP contribution is -2.32. The highest BCUT2D eigenvalue weighted by Crippen LogP contribution is 2.44. The van der Waals surface area contributed by atoms with E-state index >= 15 is 0 Å². The van der Waals surface area contributed by atoms with Gasteiger partial charge in [-0.2, -0.15) is 10.5 Å². The van der Waals surface area contributed by atoms with Crippen molar-refractivity contribution in [3.8, 4) is 23.8 Å². The molecule has 3 rings (SSSR count). The Bertz CT molecular complexity index is 1100. The topological polar surface area (TPSA) is 167 Å². The van der Waals surface area contributed by atoms with Crippen LogP contribution >= 0.6 is 22.6 Å². The van der Waals surface area contributed by atoms with Crippen LogP contribution in [0.5, 0.6) is 11.5 Å². The molecule has 0 spiro atoms. The second-order valence-electron chi connectivity index (χ2n) is 6.10. The smallest absolute Gasteiger partial charge is 0.211 e. The standard InChI is InChI=1S/C19H19IN8O2/c1-3-29-12-6-9(5-11(20)16(12)30-4-2)15-13-14(23)10(7-21)17(24)27-18(13)28-19(26-15)25-8-22/h5-6,15H,3-4H2,1-2H3,(H6,23,24,25,26,27,28). The van der Waals surface area contributed by atoms with Crippen LogP contribution < -0.4 is 31.6 Å². The normalized spacial score (nSPS) is 14.4. The number of pyridine rings is 1. The quantitative estimate of drug-likeness (QED) is 0.264. The number of nitrogen functional groups attached to an aromatic ring is 2. The first-order chi connectivity index (χ1) is 14.4. The Morgan fingerprint density at radius 1 is 1.23 bits per heavy atom. The molecule has 0 fully saturated rings. The summed E-state index contributed by atoms with van der Waals surface area (Å²) in [5.41, 5.74) is 13.6. The Morgan fingerprint density at radius 2 is 1.97 bits per heavy atom. The van der Waals surface area contributed by atoms with Crippen molar-refractivity contribution in [1.29, 1.82) is 10.5 Å². The summed E-state index contributed by atoms with van der Waals surface area (Å²) in [7, 11) is 0. The van der Waals surface area contributed by atoms with E-state index in [0.717, 1.165) is 9.13 Å². The van der Waals surface area contributed by atoms with Crippen molar-refractivity contribution in [2.24, 2.45) is 4.99 Å². The number of ether oxygens (including phenoxy) is 2. The van der Waals surface area contributed by atoms with Crippen molar-refractivity contribution in [3.63, 3.8) is 0 Å². The molecule has 0 saturated heterocycles. The van der Waals surface area contributed by atoms with Gasteiger partial charge in [0.15, 0.2) is 17.7 Å². The molecule has 30 heavy (non-hydrogen) atoms. The van der Waals surface area contributed by atoms with Crippen LogP contribution in [0, 0.1) is 26.4 Å². The second-order valence-corrected chi connectivity index (χ2v) is 7.26. The van der Waals surface area contributed by atoms with Crippen LogP contribution in [0.25, 0.3) is 0 Å². The molecule has 0 aliphatic carbocycles. The molecule has 1 aromatic carbocycles. The van der Waals surface area contributed by atoms with E-state index in [1.54, 1.807) is 0 Å². The zero-order valence-electron chi connectivity index (χ0n) is 16.3. The maximum atomic E-state index is 9.45. The van der Waals surface area contributed by atoms with Gasteiger partial charge in [0.25, 0.3) is 0 Å². The first-order valence-corrected chi connectivity index (χ1v) is 10.1. The minimum Gasteiger partial charge on any atom is -0.490 e. The van der Waals surface area contributed by atoms with Crippen LogP contribution in [0.15, 0.2) is 17.1 Å². The highest BCUT2D eigenvalue weighted by molar-refractivity contribution is 14.1. The molecular formula is C19H19IN8O2. The minimum absolute atomic E-state index is 0.00510. The lowest BCUT2D eigenvalue weighted by atomic mass is 9.95. The average molecular weight is 518 g/mol. The predicted octanol–water partition coefficient (Wildman–Crippen LogP) is 2.46. The van der Waals surface area contributed by atoms with E-state index in [1.165, 1.54) is 0 Å². The van der Waals surface area contributed by atoms with Crippen molar-refractivity contribution < 1.29 is 9.47 Å². The number of anilines is 3. The molecule has 0 radical (unpaired) electrons. The van der Waals surface area contributed by atoms with Gasteiger partial charge < -0.3 is 26.3 Å². The summed E-state index contributed by atoms with van der Waals surface area (Å²) in [5, 5.41) is 23.9. The lowest BCUT2D eigenvalue weighted by Gasteiger charge is -2.27. The van der Waals surface area contributed by atoms with Crippen LogP contribution in [-0.4, -0.2) is 24.2 Å². The Labute approximate surface area is 187 Å². The van der Waals surface area contributed by atoms with Gasteiger partial charge in [0.1, 0.15) is 29.3 Å². The van der Waals surface area contributed by atoms with Gasteiger partial charge in [-0.05, 0) is 54.1 Å². The second kappa shape index (κ2) is 8.92. The molecule has 1 aliphatic rings. The number of aromatic nitrogens is 1. The minimum atomic E-state index is -0.652. The third-order valence-corrected chi connectivity index (χ3v) is 5.09. The van der Waals surface area contributed by atoms with Gasteiger partial charge in [-0.15, -0.1) is 0 Å². The molecule has 11 heteroatoms. The summed E-state index contributed by atoms with van der Waals surface area (Å²) in [5.74, 6) is 1.71. The van der Waals surface area contributed by atoms with Crippen molar-refractivity contribution in [1.82, 2.24) is 10.3 Å². The number of guanidine groups is 1. The van der Waals surface area contributed by atoms with Gasteiger partial charge in [-0.3, -0.25) is 5.32 Å². The average Bonchev–Trinajstić information content (AvgIpc) is 2.70. The van der Waals surface area contributed by atoms with Gasteiger partial charge in [-0.25, -0.2) is 9.98 Å². The van der Waals surface area contributed by atoms with E-state index in [1.807, 2.05) is 38.2 Å². The zero-order valence-corrected chi connectivity index (χ0v) is 18.4. The number of halogens is 1. The third-order valence-electron chi connectivity index (χ3n) is 4.29. The fraction of sp³-hybridized carbons (Fsp3) is 0.263. The third kappa shape index (κ3) is 3.84. The number of hydrogen-bond acceptors (Lipinski definition) is 10. The number of aliphatic imine (C=N–C) groups is 1. The molecule has 0 saturated carbocycles. The summed E-state index contributed by atoms with van der Waals surface area (Å²) in [6.45, 7) is 4.71. The number of nitrogens with one attached hydrogen (secondary N) is 2. The fourth-order valence-electron chi connectivity index (χ4n) is 3.12. The van der Waals surface area contributed by atoms with Crippen molar-refractivity contribution in [2.75, 3.05) is 30.0 Å². The van der Waals surface area contributed by atoms with E-state index in [-0.39, 0.29) is 23.0 Å². The summed E-state index contributed by atoms with van der Waals surface area (Å²) in [6.07, 6.45) is 1.83. The molecule has 0 amide bonds. The molecule has 10 nitrogen and oxygen atoms in total. The molecule has 6 N–H and O–H groups in total. The highest BCUT2D eigenvalue weighted by Gasteiger charge is 2.30. The van der Waals surface area contributed by atoms with Crippen LogP contribution in [0.4, 0.5) is 17.3 Å². The van der Waals surface area contributed by atoms with Gasteiger partial charge in [0.05, 0.1) is 22.5 Å². The number of rotatable bonds is 5. The summed E-state index contributed by atoms with van der Waals surface area (Å²) in [4.78, 5) is 8.83. The van der Waals surface area contributed by atoms with E-state index in [0.29, 0.717) is 36.1 Å². The molecule has 2 aromatic rings. The number of nitrogens with zero attached hydrogens (tertiary/aromatic N) is 4. The molecule has 154 valence electrons. The maximum Gasteiger partial charge on any atom is 0.211 e. The number of hydrogen-bond donors (Lipinski definition) is 4. The maximum absolute atomic E-state index is 9.45. The first-order valence-electron chi connectivity index (χ1n) is 9.02. The monoisotopic (exact) mass is 518 g/mol. The van der Waals surface area contributed by atoms with E-state index in [2.05, 4.69) is 43.2 Å². The van der Waals surface area contributed by atoms with Crippen molar-refractivity contribution >= 4 is 45.9 Å². The SMILES string of the molecule is CCOc1cc(C2N=C(NC#N)Nc3nc(N)c(C#N)c(N)c32)cc(I)c1OCC. The van der Waals surface area contributed by atoms with Crippen LogP contribution in [0.2, 0.25) is 0 Å². The van der Waals surface area contributed by atoms with Gasteiger partial charge in [0, 0.05) is 5.56 Å². The largest absolute Gasteiger partial charge is 0.490 e. The molecule has 1 atom stereocenters. The first kappa shape index (κ1) is 21.3. The highest BCUT2D eigenvalue weighted by atomic mass is 127. The zero-order chi connectivity index (χ0) is 21.8. The van der Waals surface area contributed by atoms with E-state index in [4.69, 9.17) is 26.2 Å². The lowest BCUT2D eigenvalue weighted by molar-refractivity contribution is 0.285. The van der Waals surface area contributed by atoms with Crippen molar-refractivity contribution in [3.05, 3.63) is 32.4 Å². The number of nitrogens with two attached hydrogens (primary N) is 2. The van der Waals surface area contributed by atoms with Crippen LogP contribution in [0.3, 0.4) is 0 Å². The summed E-state index contributed by atoms with van der Waals surface area (Å²) >= 11 is 2.16. The number of benzene rings is 1. The van der Waals surface area contributed by atoms with Crippen LogP contribution in [0.1, 0.15) is 36.6 Å². The molecule has 0 bridgehead atoms. The summed E-state index contributed by atoms with van der Waals surface area (Å²) < 4.78 is 12.3. The molecule has 2 heterocycles. The van der Waals surface area contributed by atoms with Gasteiger partial charge in [0.2, 0.25) is 5.96 Å². The number of nitriles is 2. The van der Waals surface area contributed by atoms with Crippen molar-refractivity contribution in [2.45, 2.75) is 19.9 Å². The van der Waals surface area contributed by atoms with Gasteiger partial charge >= 0.3 is 0 Å². The Hall–Kier alpha value is -3.45. The molecule has 1 unspecified atom stereocenters. The van der Waals surface area contributed by atoms with E-state index in [9.17, 15) is 5.26 Å². The predicted molar refractivity (Wildman–Crippen MR) is 121 cm³/mol. The molecular weight excluding hydrogens is 499 g/mol. The number of fused-ring (bicyclic) bond motifs is 1. The molecule has 1 aliphatic heterocycles. The van der Waals surface area contributed by atoms with Gasteiger partial charge in [-0.1, -0.05) is 0 Å². The van der Waals surface area contributed by atoms with Crippen LogP contribution in [-0.2, 0) is 0 Å². The summed E-state index contributed by atoms with van der Waals surface area (Å²) in [6, 6.07) is 5.04. The fourth-order valence-corrected chi connectivity index (χ4v) is 3.90. The van der Waals surface area contributed by atoms with E-state index < -0.39 is 6.04 Å². The Kier molecular flexibility index (Phi) is 6.32.